The van der Waals surface area contributed by atoms with Crippen LogP contribution in [0.4, 0.5) is 0 Å². The molecule has 0 spiro atoms. The number of sulfonamides is 1. The van der Waals surface area contributed by atoms with Gasteiger partial charge in [0.2, 0.25) is 10.0 Å². The molecule has 2 rings (SSSR count). The van der Waals surface area contributed by atoms with Crippen molar-refractivity contribution >= 4 is 10.0 Å². The van der Waals surface area contributed by atoms with E-state index >= 15 is 0 Å². The van der Waals surface area contributed by atoms with E-state index in [0.717, 1.165) is 6.42 Å². The van der Waals surface area contributed by atoms with E-state index in [1.54, 1.807) is 0 Å². The van der Waals surface area contributed by atoms with E-state index < -0.39 is 10.0 Å². The maximum atomic E-state index is 12.6. The Balaban J connectivity index is 2.24. The summed E-state index contributed by atoms with van der Waals surface area (Å²) in [5.41, 5.74) is 0.480. The zero-order valence-electron chi connectivity index (χ0n) is 12.2. The van der Waals surface area contributed by atoms with Crippen molar-refractivity contribution in [3.8, 4) is 11.8 Å². The molecule has 1 atom stereocenters. The van der Waals surface area contributed by atoms with Crippen LogP contribution in [-0.4, -0.2) is 67.5 Å². The minimum atomic E-state index is -3.54. The summed E-state index contributed by atoms with van der Waals surface area (Å²) in [4.78, 5) is 6.11. The molecule has 0 saturated carbocycles. The van der Waals surface area contributed by atoms with Crippen LogP contribution in [0.3, 0.4) is 0 Å². The second-order valence-electron chi connectivity index (χ2n) is 5.14. The Morgan fingerprint density at radius 1 is 1.48 bits per heavy atom. The van der Waals surface area contributed by atoms with Gasteiger partial charge in [-0.25, -0.2) is 8.42 Å². The second kappa shape index (κ2) is 6.54. The molecule has 2 heterocycles. The number of aliphatic hydroxyl groups is 1. The number of hydrogen-bond donors (Lipinski definition) is 1. The third kappa shape index (κ3) is 3.60. The first-order valence-electron chi connectivity index (χ1n) is 6.66. The van der Waals surface area contributed by atoms with Gasteiger partial charge < -0.3 is 10.0 Å². The van der Waals surface area contributed by atoms with Crippen LogP contribution in [-0.2, 0) is 10.0 Å². The van der Waals surface area contributed by atoms with Crippen molar-refractivity contribution in [1.82, 2.24) is 14.2 Å². The lowest BCUT2D eigenvalue weighted by atomic mass is 10.2. The molecule has 1 aromatic heterocycles. The summed E-state index contributed by atoms with van der Waals surface area (Å²) in [5.74, 6) is 5.16. The Labute approximate surface area is 125 Å². The van der Waals surface area contributed by atoms with Crippen molar-refractivity contribution in [2.24, 2.45) is 0 Å². The minimum Gasteiger partial charge on any atom is -0.384 e. The maximum Gasteiger partial charge on any atom is 0.244 e. The van der Waals surface area contributed by atoms with Gasteiger partial charge in [0.25, 0.3) is 0 Å². The lowest BCUT2D eigenvalue weighted by Crippen LogP contribution is -2.34. The third-order valence-corrected chi connectivity index (χ3v) is 5.35. The van der Waals surface area contributed by atoms with E-state index in [4.69, 9.17) is 5.11 Å². The van der Waals surface area contributed by atoms with Crippen LogP contribution in [0.25, 0.3) is 0 Å². The van der Waals surface area contributed by atoms with Gasteiger partial charge in [0.05, 0.1) is 0 Å². The zero-order chi connectivity index (χ0) is 15.5. The van der Waals surface area contributed by atoms with E-state index in [9.17, 15) is 8.42 Å². The summed E-state index contributed by atoms with van der Waals surface area (Å²) < 4.78 is 26.7. The van der Waals surface area contributed by atoms with Gasteiger partial charge in [-0.2, -0.15) is 4.31 Å². The van der Waals surface area contributed by atoms with Gasteiger partial charge in [-0.05, 0) is 26.6 Å². The summed E-state index contributed by atoms with van der Waals surface area (Å²) in [6.07, 6.45) is 3.64. The Kier molecular flexibility index (Phi) is 4.96. The number of hydrogen-bond acceptors (Lipinski definition) is 5. The van der Waals surface area contributed by atoms with E-state index in [1.807, 2.05) is 19.0 Å². The molecule has 0 bridgehead atoms. The topological polar surface area (TPSA) is 73.7 Å². The molecule has 0 aromatic carbocycles. The van der Waals surface area contributed by atoms with Crippen molar-refractivity contribution < 1.29 is 13.5 Å². The van der Waals surface area contributed by atoms with Crippen LogP contribution in [0.2, 0.25) is 0 Å². The highest BCUT2D eigenvalue weighted by atomic mass is 32.2. The molecule has 6 nitrogen and oxygen atoms in total. The molecule has 1 saturated heterocycles. The van der Waals surface area contributed by atoms with Crippen LogP contribution < -0.4 is 0 Å². The van der Waals surface area contributed by atoms with Gasteiger partial charge in [-0.15, -0.1) is 0 Å². The van der Waals surface area contributed by atoms with Crippen molar-refractivity contribution in [3.05, 3.63) is 24.0 Å². The van der Waals surface area contributed by atoms with Gasteiger partial charge in [0.1, 0.15) is 11.5 Å². The quantitative estimate of drug-likeness (QED) is 0.780. The summed E-state index contributed by atoms with van der Waals surface area (Å²) >= 11 is 0. The lowest BCUT2D eigenvalue weighted by molar-refractivity contribution is 0.302. The molecule has 1 aliphatic rings. The molecule has 1 aromatic rings. The summed E-state index contributed by atoms with van der Waals surface area (Å²) in [6.45, 7) is 0.729. The number of aliphatic hydroxyl groups excluding tert-OH is 1. The highest BCUT2D eigenvalue weighted by molar-refractivity contribution is 7.89. The fourth-order valence-corrected chi connectivity index (χ4v) is 3.75. The summed E-state index contributed by atoms with van der Waals surface area (Å²) in [7, 11) is 0.365. The molecule has 1 fully saturated rings. The Morgan fingerprint density at radius 3 is 2.86 bits per heavy atom. The predicted molar refractivity (Wildman–Crippen MR) is 79.1 cm³/mol. The summed E-state index contributed by atoms with van der Waals surface area (Å²) in [5, 5.41) is 8.69. The lowest BCUT2D eigenvalue weighted by Gasteiger charge is -2.20. The molecule has 0 radical (unpaired) electrons. The van der Waals surface area contributed by atoms with Gasteiger partial charge in [-0.3, -0.25) is 4.98 Å². The highest BCUT2D eigenvalue weighted by Crippen LogP contribution is 2.22. The zero-order valence-corrected chi connectivity index (χ0v) is 13.0. The van der Waals surface area contributed by atoms with Gasteiger partial charge in [0.15, 0.2) is 0 Å². The van der Waals surface area contributed by atoms with Gasteiger partial charge in [0, 0.05) is 37.1 Å². The Hall–Kier alpha value is -1.46. The molecular weight excluding hydrogens is 290 g/mol. The smallest absolute Gasteiger partial charge is 0.244 e. The normalized spacial score (nSPS) is 19.5. The molecule has 1 unspecified atom stereocenters. The first-order valence-corrected chi connectivity index (χ1v) is 8.10. The Bertz CT molecular complexity index is 662. The average Bonchev–Trinajstić information content (AvgIpc) is 2.96. The number of aromatic nitrogens is 1. The summed E-state index contributed by atoms with van der Waals surface area (Å²) in [6, 6.07) is 1.73. The SMILES string of the molecule is CN(C)C1CCN(S(=O)(=O)c2cncc(C#CCO)c2)C1. The fraction of sp³-hybridized carbons (Fsp3) is 0.500. The molecule has 7 heteroatoms. The van der Waals surface area contributed by atoms with E-state index in [-0.39, 0.29) is 17.5 Å². The predicted octanol–water partition coefficient (Wildman–Crippen LogP) is -0.250. The molecule has 21 heavy (non-hydrogen) atoms. The van der Waals surface area contributed by atoms with Crippen molar-refractivity contribution in [3.63, 3.8) is 0 Å². The third-order valence-electron chi connectivity index (χ3n) is 3.52. The van der Waals surface area contributed by atoms with Crippen molar-refractivity contribution in [2.45, 2.75) is 17.4 Å². The molecular formula is C14H19N3O3S. The maximum absolute atomic E-state index is 12.6. The first kappa shape index (κ1) is 15.9. The van der Waals surface area contributed by atoms with Crippen LogP contribution in [0.15, 0.2) is 23.4 Å². The number of rotatable bonds is 3. The average molecular weight is 309 g/mol. The monoisotopic (exact) mass is 309 g/mol. The van der Waals surface area contributed by atoms with Crippen LogP contribution in [0, 0.1) is 11.8 Å². The van der Waals surface area contributed by atoms with E-state index in [1.165, 1.54) is 22.8 Å². The minimum absolute atomic E-state index is 0.145. The van der Waals surface area contributed by atoms with Gasteiger partial charge in [-0.1, -0.05) is 11.8 Å². The second-order valence-corrected chi connectivity index (χ2v) is 7.08. The van der Waals surface area contributed by atoms with Crippen LogP contribution in [0.1, 0.15) is 12.0 Å². The van der Waals surface area contributed by atoms with Gasteiger partial charge >= 0.3 is 0 Å². The molecule has 114 valence electrons. The Morgan fingerprint density at radius 2 is 2.24 bits per heavy atom. The number of nitrogens with zero attached hydrogens (tertiary/aromatic N) is 3. The first-order chi connectivity index (χ1) is 9.95. The number of likely N-dealkylation sites (N-methyl/N-ethyl adjacent to an activating group) is 1. The van der Waals surface area contributed by atoms with E-state index in [0.29, 0.717) is 18.7 Å². The molecule has 0 aliphatic carbocycles. The van der Waals surface area contributed by atoms with Crippen molar-refractivity contribution in [2.75, 3.05) is 33.8 Å². The molecule has 0 amide bonds. The number of pyridine rings is 1. The molecule has 1 aliphatic heterocycles. The highest BCUT2D eigenvalue weighted by Gasteiger charge is 2.33. The molecule has 1 N–H and O–H groups in total. The standard InChI is InChI=1S/C14H19N3O3S/c1-16(2)13-5-6-17(11-13)21(19,20)14-8-12(4-3-7-18)9-15-10-14/h8-10,13,18H,5-7,11H2,1-2H3. The fourth-order valence-electron chi connectivity index (χ4n) is 2.27. The largest absolute Gasteiger partial charge is 0.384 e. The van der Waals surface area contributed by atoms with E-state index in [2.05, 4.69) is 16.8 Å². The van der Waals surface area contributed by atoms with Crippen molar-refractivity contribution in [1.29, 1.82) is 0 Å². The van der Waals surface area contributed by atoms with Crippen LogP contribution >= 0.6 is 0 Å². The van der Waals surface area contributed by atoms with Crippen LogP contribution in [0.5, 0.6) is 0 Å².